The summed E-state index contributed by atoms with van der Waals surface area (Å²) >= 11 is 7.02. The molecule has 0 unspecified atom stereocenters. The highest BCUT2D eigenvalue weighted by Crippen LogP contribution is 2.40. The van der Waals surface area contributed by atoms with E-state index in [0.29, 0.717) is 48.4 Å². The van der Waals surface area contributed by atoms with E-state index in [1.807, 2.05) is 0 Å². The minimum Gasteiger partial charge on any atom is -0.495 e. The molecule has 0 radical (unpaired) electrons. The molecule has 7 aromatic rings. The van der Waals surface area contributed by atoms with Gasteiger partial charge in [-0.3, -0.25) is 0 Å². The number of ether oxygens (including phenoxy) is 1. The van der Waals surface area contributed by atoms with Crippen LogP contribution in [-0.4, -0.2) is 160 Å². The topological polar surface area (TPSA) is 356 Å². The first-order valence-electron chi connectivity index (χ1n) is 23.5. The number of hydrogen-bond acceptors (Lipinski definition) is 23. The quantitative estimate of drug-likeness (QED) is 0.0430. The van der Waals surface area contributed by atoms with Gasteiger partial charge in [0, 0.05) is 45.0 Å². The normalized spacial score (nSPS) is 19.1. The van der Waals surface area contributed by atoms with Crippen LogP contribution in [0.25, 0.3) is 49.1 Å². The molecule has 23 nitrogen and oxygen atoms in total. The molecule has 0 spiro atoms. The number of allylic oxidation sites excluding steroid dienone is 2. The Morgan fingerprint density at radius 3 is 1.90 bits per heavy atom. The lowest BCUT2D eigenvalue weighted by atomic mass is 10.00. The van der Waals surface area contributed by atoms with E-state index in [9.17, 15) is 46.0 Å². The van der Waals surface area contributed by atoms with E-state index in [1.165, 1.54) is 80.3 Å². The highest BCUT2D eigenvalue weighted by molar-refractivity contribution is 7.15. The smallest absolute Gasteiger partial charge is 0.239 e. The molecule has 0 fully saturated rings. The third-order valence-corrected chi connectivity index (χ3v) is 16.5. The predicted molar refractivity (Wildman–Crippen MR) is 307 cm³/mol. The van der Waals surface area contributed by atoms with Crippen molar-refractivity contribution in [2.45, 2.75) is 90.5 Å². The van der Waals surface area contributed by atoms with Crippen molar-refractivity contribution in [3.8, 4) is 43.4 Å². The lowest BCUT2D eigenvalue weighted by Gasteiger charge is -2.24. The summed E-state index contributed by atoms with van der Waals surface area (Å²) in [5, 5.41) is 111. The molecule has 8 heterocycles. The molecule has 1 aliphatic heterocycles. The number of aromatic nitrogens is 7. The highest BCUT2D eigenvalue weighted by Gasteiger charge is 2.34. The third-order valence-electron chi connectivity index (χ3n) is 11.2. The standard InChI is InChI=1S/C49H51N13O10S6/c1-9-24(37(65)50-13-20(3)63)52-38(66)28-16-75-46(57-28)32-19-76-45(59-32)26-12-11-23-35(51-26)27-14-77-47(54-27)34(22(5)72-8)61-40(68)30-18-78-48(58-30)36(49(6,7)71)62-41(69)31-17-74-44(56-31)25(10-2)53-42(70)33(21(4)64)60-39(67)29-15-73-43(23)55-29/h9-12,14-22,33-34,36,63-64,71H,13H2,1-8H3,(H,50,65)(H,52,66)(H,53,70)(H,60,67)(H,61,68)(H,62,69)/b24-9+,25-10+/t20-,21+,22-,33-,34-,36-/m0/s1. The molecule has 8 bridgehead atoms. The average molecular weight is 1170 g/mol. The molecule has 0 aromatic carbocycles. The van der Waals surface area contributed by atoms with Crippen molar-refractivity contribution < 1.29 is 50.7 Å². The fourth-order valence-corrected chi connectivity index (χ4v) is 12.3. The van der Waals surface area contributed by atoms with E-state index in [2.05, 4.69) is 44.9 Å². The lowest BCUT2D eigenvalue weighted by molar-refractivity contribution is 0.0519. The number of pyridine rings is 1. The summed E-state index contributed by atoms with van der Waals surface area (Å²) in [6, 6.07) is 0.0332. The molecule has 1 aliphatic rings. The van der Waals surface area contributed by atoms with Gasteiger partial charge < -0.3 is 50.7 Å². The maximum Gasteiger partial charge on any atom is 0.239 e. The van der Waals surface area contributed by atoms with E-state index >= 15 is 0 Å². The Hall–Kier alpha value is -6.93. The Bertz CT molecular complexity index is 3550. The molecule has 408 valence electrons. The van der Waals surface area contributed by atoms with Crippen molar-refractivity contribution in [2.75, 3.05) is 13.7 Å². The van der Waals surface area contributed by atoms with Gasteiger partial charge in [0.2, 0.25) is 35.4 Å². The van der Waals surface area contributed by atoms with E-state index < -0.39 is 77.4 Å². The van der Waals surface area contributed by atoms with Crippen LogP contribution in [-0.2, 0) is 4.74 Å². The van der Waals surface area contributed by atoms with Crippen molar-refractivity contribution in [1.82, 2.24) is 34.9 Å². The van der Waals surface area contributed by atoms with Gasteiger partial charge in [0.05, 0.1) is 41.8 Å². The van der Waals surface area contributed by atoms with Crippen LogP contribution >= 0.6 is 68.0 Å². The Balaban J connectivity index is 1.23. The second kappa shape index (κ2) is 24.4. The zero-order chi connectivity index (χ0) is 56.2. The minimum atomic E-state index is -1.58. The summed E-state index contributed by atoms with van der Waals surface area (Å²) in [7, 11) is 1.50. The monoisotopic (exact) mass is 1170 g/mol. The van der Waals surface area contributed by atoms with Gasteiger partial charge in [0.1, 0.15) is 87.7 Å². The van der Waals surface area contributed by atoms with Crippen LogP contribution in [0.2, 0.25) is 0 Å². The van der Waals surface area contributed by atoms with Crippen LogP contribution in [0, 0.1) is 0 Å². The molecule has 6 atom stereocenters. The van der Waals surface area contributed by atoms with Gasteiger partial charge in [-0.25, -0.2) is 64.8 Å². The van der Waals surface area contributed by atoms with Crippen LogP contribution < -0.4 is 0 Å². The van der Waals surface area contributed by atoms with Gasteiger partial charge in [-0.2, -0.15) is 0 Å². The van der Waals surface area contributed by atoms with Gasteiger partial charge in [-0.15, -0.1) is 68.0 Å². The zero-order valence-electron chi connectivity index (χ0n) is 42.6. The van der Waals surface area contributed by atoms with E-state index in [4.69, 9.17) is 24.7 Å². The summed E-state index contributed by atoms with van der Waals surface area (Å²) in [6.45, 7) is 10.8. The van der Waals surface area contributed by atoms with Gasteiger partial charge in [-0.1, -0.05) is 12.2 Å². The number of aliphatic imine (C=N–C) groups is 6. The Morgan fingerprint density at radius 1 is 0.667 bits per heavy atom. The summed E-state index contributed by atoms with van der Waals surface area (Å²) in [5.41, 5.74) is 0.923. The molecule has 0 saturated heterocycles. The fourth-order valence-electron chi connectivity index (χ4n) is 7.08. The Morgan fingerprint density at radius 2 is 1.23 bits per heavy atom. The second-order valence-electron chi connectivity index (χ2n) is 17.6. The largest absolute Gasteiger partial charge is 0.495 e. The predicted octanol–water partition coefficient (Wildman–Crippen LogP) is 9.32. The summed E-state index contributed by atoms with van der Waals surface area (Å²) < 4.78 is 5.75. The molecule has 0 amide bonds. The number of thiazole rings is 6. The molecule has 78 heavy (non-hydrogen) atoms. The highest BCUT2D eigenvalue weighted by atomic mass is 32.1. The van der Waals surface area contributed by atoms with E-state index in [1.54, 1.807) is 65.9 Å². The number of nitrogens with zero attached hydrogens (tertiary/aromatic N) is 13. The number of aliphatic hydroxyl groups is 9. The van der Waals surface area contributed by atoms with Crippen molar-refractivity contribution in [2.24, 2.45) is 30.0 Å². The zero-order valence-corrected chi connectivity index (χ0v) is 47.5. The Labute approximate surface area is 469 Å². The van der Waals surface area contributed by atoms with Crippen LogP contribution in [0.3, 0.4) is 0 Å². The maximum absolute atomic E-state index is 11.6. The number of methoxy groups -OCH3 is 1. The van der Waals surface area contributed by atoms with Gasteiger partial charge >= 0.3 is 0 Å². The molecule has 8 rings (SSSR count). The van der Waals surface area contributed by atoms with Crippen molar-refractivity contribution >= 4 is 109 Å². The molecule has 7 aromatic heterocycles. The first-order chi connectivity index (χ1) is 37.1. The number of fused-ring (bicyclic) bond motifs is 11. The second-order valence-corrected chi connectivity index (χ2v) is 22.8. The van der Waals surface area contributed by atoms with Crippen LogP contribution in [0.1, 0.15) is 98.3 Å². The van der Waals surface area contributed by atoms with Crippen LogP contribution in [0.5, 0.6) is 0 Å². The van der Waals surface area contributed by atoms with E-state index in [-0.39, 0.29) is 50.7 Å². The molecule has 0 aliphatic carbocycles. The van der Waals surface area contributed by atoms with Gasteiger partial charge in [0.25, 0.3) is 0 Å². The Kier molecular flexibility index (Phi) is 17.9. The summed E-state index contributed by atoms with van der Waals surface area (Å²) in [5.74, 6) is -3.19. The summed E-state index contributed by atoms with van der Waals surface area (Å²) in [4.78, 5) is 58.9. The molecular formula is C49H51N13O10S6. The van der Waals surface area contributed by atoms with Crippen molar-refractivity contribution in [3.63, 3.8) is 0 Å². The molecule has 9 N–H and O–H groups in total. The van der Waals surface area contributed by atoms with Gasteiger partial charge in [0.15, 0.2) is 6.04 Å². The lowest BCUT2D eigenvalue weighted by Crippen LogP contribution is -2.31. The first-order valence-corrected chi connectivity index (χ1v) is 28.7. The van der Waals surface area contributed by atoms with E-state index in [0.717, 1.165) is 34.0 Å². The number of rotatable bonds is 11. The first kappa shape index (κ1) is 57.3. The number of aliphatic hydroxyl groups excluding tert-OH is 8. The number of hydrogen-bond donors (Lipinski definition) is 9. The fraction of sp³-hybridized carbons (Fsp3) is 0.327. The summed E-state index contributed by atoms with van der Waals surface area (Å²) in [6.07, 6.45) is 0.226. The van der Waals surface area contributed by atoms with Crippen LogP contribution in [0.15, 0.2) is 92.2 Å². The van der Waals surface area contributed by atoms with Crippen molar-refractivity contribution in [3.05, 3.63) is 100 Å². The molecule has 29 heteroatoms. The van der Waals surface area contributed by atoms with Gasteiger partial charge in [-0.05, 0) is 60.6 Å². The third kappa shape index (κ3) is 13.0. The minimum absolute atomic E-state index is 0.00879. The van der Waals surface area contributed by atoms with Crippen LogP contribution in [0.4, 0.5) is 0 Å². The maximum atomic E-state index is 11.6. The molecule has 0 saturated carbocycles. The average Bonchev–Trinajstić information content (AvgIpc) is 4.28. The molecular weight excluding hydrogens is 1120 g/mol. The SMILES string of the molecule is C/C=C(/N=C(O)c1csc(-c2csc(-c3ccc4c(n3)-c3csc(n3)[C@H]([C@H](C)OC)N=C(O)c3csc(n3)[C@@H](C(C)(C)O)N=C(O)c3csc(n3)/C(=C\C)N=C(O)[C@H]([C@@H](C)O)N=C(O)c3csc-4n3)n2)n1)C(O)=NC[C@H](C)O. The van der Waals surface area contributed by atoms with Crippen molar-refractivity contribution in [1.29, 1.82) is 0 Å².